The van der Waals surface area contributed by atoms with Crippen molar-refractivity contribution in [1.82, 2.24) is 20.3 Å². The van der Waals surface area contributed by atoms with E-state index in [4.69, 9.17) is 5.73 Å². The minimum Gasteiger partial charge on any atom is -0.350 e. The van der Waals surface area contributed by atoms with E-state index in [9.17, 15) is 18.4 Å². The van der Waals surface area contributed by atoms with E-state index in [-0.39, 0.29) is 43.2 Å². The molecule has 150 valence electrons. The highest BCUT2D eigenvalue weighted by Crippen LogP contribution is 2.13. The predicted molar refractivity (Wildman–Crippen MR) is 103 cm³/mol. The van der Waals surface area contributed by atoms with E-state index in [1.165, 1.54) is 0 Å². The number of alkyl halides is 2. The fourth-order valence-corrected chi connectivity index (χ4v) is 2.17. The molecule has 0 fully saturated rings. The number of hydrogen-bond acceptors (Lipinski definition) is 5. The van der Waals surface area contributed by atoms with Gasteiger partial charge in [0, 0.05) is 35.6 Å². The number of aryl methyl sites for hydroxylation is 1. The summed E-state index contributed by atoms with van der Waals surface area (Å²) in [7, 11) is 0. The molecular weight excluding hydrogens is 403 g/mol. The van der Waals surface area contributed by atoms with Crippen LogP contribution in [0.4, 0.5) is 8.78 Å². The highest BCUT2D eigenvalue weighted by atomic mass is 35.5. The number of nitrogens with one attached hydrogen (secondary N) is 2. The molecule has 0 saturated heterocycles. The summed E-state index contributed by atoms with van der Waals surface area (Å²) in [5.74, 6) is -3.34. The molecule has 2 aromatic heterocycles. The molecule has 0 atom stereocenters. The largest absolute Gasteiger partial charge is 0.350 e. The second-order valence-corrected chi connectivity index (χ2v) is 5.56. The van der Waals surface area contributed by atoms with Crippen molar-refractivity contribution in [3.8, 4) is 11.4 Å². The number of carbonyl (C=O) groups is 1. The number of halogens is 4. The van der Waals surface area contributed by atoms with Gasteiger partial charge in [0.05, 0.1) is 13.1 Å². The van der Waals surface area contributed by atoms with Crippen LogP contribution in [-0.4, -0.2) is 39.9 Å². The Morgan fingerprint density at radius 3 is 2.63 bits per heavy atom. The quantitative estimate of drug-likeness (QED) is 0.625. The zero-order chi connectivity index (χ0) is 18.4. The summed E-state index contributed by atoms with van der Waals surface area (Å²) in [4.78, 5) is 34.8. The van der Waals surface area contributed by atoms with Gasteiger partial charge in [-0.25, -0.2) is 13.8 Å². The standard InChI is InChI=1S/C16H19F2N5O2.2ClH/c1-10-12(4-5-13(24)21-9-16(17,18)8-19)15(25)23-14(22-10)11-3-2-6-20-7-11;;/h2-3,6-7H,4-5,8-9,19H2,1H3,(H,21,24)(H,22,23,25);2*1H. The minimum atomic E-state index is -3.14. The van der Waals surface area contributed by atoms with E-state index >= 15 is 0 Å². The van der Waals surface area contributed by atoms with Crippen molar-refractivity contribution < 1.29 is 13.6 Å². The molecule has 0 aromatic carbocycles. The zero-order valence-electron chi connectivity index (χ0n) is 14.5. The van der Waals surface area contributed by atoms with Crippen LogP contribution in [0.3, 0.4) is 0 Å². The average molecular weight is 424 g/mol. The first-order valence-corrected chi connectivity index (χ1v) is 7.67. The number of amides is 1. The molecule has 0 aliphatic rings. The Balaban J connectivity index is 0.00000338. The number of rotatable bonds is 7. The van der Waals surface area contributed by atoms with Gasteiger partial charge in [0.1, 0.15) is 5.82 Å². The van der Waals surface area contributed by atoms with E-state index in [0.29, 0.717) is 22.6 Å². The van der Waals surface area contributed by atoms with Gasteiger partial charge >= 0.3 is 0 Å². The van der Waals surface area contributed by atoms with Gasteiger partial charge in [0.25, 0.3) is 11.5 Å². The SMILES string of the molecule is Cc1nc(-c2cccnc2)[nH]c(=O)c1CCC(=O)NCC(F)(F)CN.Cl.Cl. The van der Waals surface area contributed by atoms with Crippen molar-refractivity contribution >= 4 is 30.7 Å². The average Bonchev–Trinajstić information content (AvgIpc) is 2.60. The maximum absolute atomic E-state index is 13.0. The minimum absolute atomic E-state index is 0. The van der Waals surface area contributed by atoms with E-state index in [1.807, 2.05) is 0 Å². The Bertz CT molecular complexity index is 803. The third kappa shape index (κ3) is 7.20. The van der Waals surface area contributed by atoms with Crippen molar-refractivity contribution in [1.29, 1.82) is 0 Å². The summed E-state index contributed by atoms with van der Waals surface area (Å²) in [6, 6.07) is 3.48. The maximum Gasteiger partial charge on any atom is 0.277 e. The molecule has 0 bridgehead atoms. The summed E-state index contributed by atoms with van der Waals surface area (Å²) in [5.41, 5.74) is 6.01. The van der Waals surface area contributed by atoms with Crippen molar-refractivity contribution in [2.45, 2.75) is 25.7 Å². The Labute approximate surface area is 167 Å². The Morgan fingerprint density at radius 1 is 1.37 bits per heavy atom. The van der Waals surface area contributed by atoms with Crippen molar-refractivity contribution in [2.24, 2.45) is 5.73 Å². The molecule has 4 N–H and O–H groups in total. The predicted octanol–water partition coefficient (Wildman–Crippen LogP) is 1.63. The first kappa shape index (κ1) is 24.9. The summed E-state index contributed by atoms with van der Waals surface area (Å²) in [6.07, 6.45) is 3.18. The molecule has 2 heterocycles. The lowest BCUT2D eigenvalue weighted by Crippen LogP contribution is -2.41. The second-order valence-electron chi connectivity index (χ2n) is 5.56. The molecule has 0 aliphatic heterocycles. The lowest BCUT2D eigenvalue weighted by atomic mass is 10.1. The van der Waals surface area contributed by atoms with Crippen LogP contribution in [0.15, 0.2) is 29.3 Å². The van der Waals surface area contributed by atoms with Crippen LogP contribution >= 0.6 is 24.8 Å². The van der Waals surface area contributed by atoms with Crippen LogP contribution < -0.4 is 16.6 Å². The maximum atomic E-state index is 13.0. The molecule has 2 aromatic rings. The molecule has 0 unspecified atom stereocenters. The number of H-pyrrole nitrogens is 1. The zero-order valence-corrected chi connectivity index (χ0v) is 16.1. The molecule has 0 saturated carbocycles. The van der Waals surface area contributed by atoms with Crippen LogP contribution in [-0.2, 0) is 11.2 Å². The molecule has 7 nitrogen and oxygen atoms in total. The van der Waals surface area contributed by atoms with Gasteiger partial charge in [0.2, 0.25) is 5.91 Å². The molecule has 11 heteroatoms. The number of nitrogens with zero attached hydrogens (tertiary/aromatic N) is 2. The van der Waals surface area contributed by atoms with Gasteiger partial charge in [-0.15, -0.1) is 24.8 Å². The number of aromatic amines is 1. The van der Waals surface area contributed by atoms with Gasteiger partial charge < -0.3 is 16.0 Å². The van der Waals surface area contributed by atoms with Crippen molar-refractivity contribution in [2.75, 3.05) is 13.1 Å². The molecule has 27 heavy (non-hydrogen) atoms. The van der Waals surface area contributed by atoms with E-state index in [2.05, 4.69) is 20.3 Å². The van der Waals surface area contributed by atoms with Gasteiger partial charge in [-0.2, -0.15) is 0 Å². The Hall–Kier alpha value is -2.10. The fraction of sp³-hybridized carbons (Fsp3) is 0.375. The van der Waals surface area contributed by atoms with Crippen LogP contribution in [0, 0.1) is 6.92 Å². The van der Waals surface area contributed by atoms with Gasteiger partial charge in [-0.1, -0.05) is 0 Å². The molecular formula is C16H21Cl2F2N5O2. The normalized spacial score (nSPS) is 10.5. The van der Waals surface area contributed by atoms with Crippen LogP contribution in [0.1, 0.15) is 17.7 Å². The smallest absolute Gasteiger partial charge is 0.277 e. The molecule has 2 rings (SSSR count). The van der Waals surface area contributed by atoms with Crippen LogP contribution in [0.2, 0.25) is 0 Å². The third-order valence-electron chi connectivity index (χ3n) is 3.60. The van der Waals surface area contributed by atoms with E-state index < -0.39 is 24.9 Å². The number of hydrogen-bond donors (Lipinski definition) is 3. The highest BCUT2D eigenvalue weighted by molar-refractivity contribution is 5.85. The van der Waals surface area contributed by atoms with Crippen LogP contribution in [0.25, 0.3) is 11.4 Å². The third-order valence-corrected chi connectivity index (χ3v) is 3.60. The van der Waals surface area contributed by atoms with Gasteiger partial charge in [0.15, 0.2) is 0 Å². The Kier molecular flexibility index (Phi) is 10.1. The van der Waals surface area contributed by atoms with Crippen molar-refractivity contribution in [3.63, 3.8) is 0 Å². The lowest BCUT2D eigenvalue weighted by molar-refractivity contribution is -0.122. The number of nitrogens with two attached hydrogens (primary N) is 1. The molecule has 0 spiro atoms. The number of carbonyl (C=O) groups excluding carboxylic acids is 1. The summed E-state index contributed by atoms with van der Waals surface area (Å²) in [5, 5.41) is 2.11. The van der Waals surface area contributed by atoms with Gasteiger partial charge in [-0.3, -0.25) is 14.6 Å². The van der Waals surface area contributed by atoms with Gasteiger partial charge in [-0.05, 0) is 25.5 Å². The second kappa shape index (κ2) is 10.9. The molecule has 0 radical (unpaired) electrons. The highest BCUT2D eigenvalue weighted by Gasteiger charge is 2.27. The summed E-state index contributed by atoms with van der Waals surface area (Å²) < 4.78 is 26.0. The van der Waals surface area contributed by atoms with E-state index in [0.717, 1.165) is 0 Å². The number of pyridine rings is 1. The monoisotopic (exact) mass is 423 g/mol. The first-order valence-electron chi connectivity index (χ1n) is 7.67. The summed E-state index contributed by atoms with van der Waals surface area (Å²) >= 11 is 0. The summed E-state index contributed by atoms with van der Waals surface area (Å²) in [6.45, 7) is -0.00737. The lowest BCUT2D eigenvalue weighted by Gasteiger charge is -2.14. The topological polar surface area (TPSA) is 114 Å². The van der Waals surface area contributed by atoms with Crippen LogP contribution in [0.5, 0.6) is 0 Å². The fourth-order valence-electron chi connectivity index (χ4n) is 2.17. The number of aromatic nitrogens is 3. The molecule has 1 amide bonds. The van der Waals surface area contributed by atoms with E-state index in [1.54, 1.807) is 31.5 Å². The first-order chi connectivity index (χ1) is 11.8. The molecule has 0 aliphatic carbocycles. The van der Waals surface area contributed by atoms with Crippen molar-refractivity contribution in [3.05, 3.63) is 46.1 Å². The Morgan fingerprint density at radius 2 is 2.07 bits per heavy atom.